The second-order valence-electron chi connectivity index (χ2n) is 6.25. The van der Waals surface area contributed by atoms with Gasteiger partial charge < -0.3 is 4.18 Å². The van der Waals surface area contributed by atoms with Gasteiger partial charge in [-0.05, 0) is 42.8 Å². The van der Waals surface area contributed by atoms with Gasteiger partial charge in [0.25, 0.3) is 5.91 Å². The molecule has 2 aromatic carbocycles. The fourth-order valence-corrected chi connectivity index (χ4v) is 4.57. The van der Waals surface area contributed by atoms with Gasteiger partial charge in [-0.1, -0.05) is 50.8 Å². The molecule has 1 unspecified atom stereocenters. The first kappa shape index (κ1) is 22.3. The van der Waals surface area contributed by atoms with Crippen LogP contribution in [-0.4, -0.2) is 24.8 Å². The van der Waals surface area contributed by atoms with Crippen LogP contribution in [0.5, 0.6) is 5.75 Å². The fourth-order valence-electron chi connectivity index (χ4n) is 2.57. The zero-order valence-corrected chi connectivity index (χ0v) is 17.3. The highest BCUT2D eigenvalue weighted by Gasteiger charge is 2.20. The standard InChI is InChI=1S/C20H25NO5S2/c1-2-3-4-8-11-19(20(22)21-23)27-17-12-14-18(15-13-17)28(24,25)26-16-9-6-5-7-10-16/h5-7,9-10,12-15,19,23H,2-4,8,11H2,1H3,(H,21,22). The van der Waals surface area contributed by atoms with Gasteiger partial charge in [-0.15, -0.1) is 11.8 Å². The summed E-state index contributed by atoms with van der Waals surface area (Å²) < 4.78 is 29.8. The highest BCUT2D eigenvalue weighted by Crippen LogP contribution is 2.29. The van der Waals surface area contributed by atoms with E-state index >= 15 is 0 Å². The summed E-state index contributed by atoms with van der Waals surface area (Å²) in [4.78, 5) is 12.7. The van der Waals surface area contributed by atoms with Crippen LogP contribution in [0.1, 0.15) is 39.0 Å². The summed E-state index contributed by atoms with van der Waals surface area (Å²) in [5, 5.41) is 8.53. The molecule has 0 saturated heterocycles. The van der Waals surface area contributed by atoms with Crippen LogP contribution in [0, 0.1) is 0 Å². The van der Waals surface area contributed by atoms with Crippen LogP contribution in [-0.2, 0) is 14.9 Å². The topological polar surface area (TPSA) is 92.7 Å². The van der Waals surface area contributed by atoms with Gasteiger partial charge >= 0.3 is 10.1 Å². The molecule has 0 aliphatic heterocycles. The van der Waals surface area contributed by atoms with Crippen molar-refractivity contribution in [1.82, 2.24) is 5.48 Å². The Kier molecular flexibility index (Phi) is 8.82. The van der Waals surface area contributed by atoms with Gasteiger partial charge in [0.05, 0.1) is 5.25 Å². The van der Waals surface area contributed by atoms with Crippen molar-refractivity contribution in [2.24, 2.45) is 0 Å². The quantitative estimate of drug-likeness (QED) is 0.183. The average molecular weight is 424 g/mol. The molecule has 0 fully saturated rings. The Balaban J connectivity index is 2.04. The molecular formula is C20H25NO5S2. The number of hydrogen-bond donors (Lipinski definition) is 2. The van der Waals surface area contributed by atoms with E-state index in [4.69, 9.17) is 9.39 Å². The SMILES string of the molecule is CCCCCCC(Sc1ccc(S(=O)(=O)Oc2ccccc2)cc1)C(=O)NO. The molecule has 8 heteroatoms. The van der Waals surface area contributed by atoms with Crippen LogP contribution in [0.4, 0.5) is 0 Å². The first-order valence-electron chi connectivity index (χ1n) is 9.16. The van der Waals surface area contributed by atoms with E-state index in [1.807, 2.05) is 0 Å². The largest absolute Gasteiger partial charge is 0.379 e. The number of nitrogens with one attached hydrogen (secondary N) is 1. The van der Waals surface area contributed by atoms with Crippen molar-refractivity contribution in [3.8, 4) is 5.75 Å². The van der Waals surface area contributed by atoms with Gasteiger partial charge in [0.2, 0.25) is 0 Å². The summed E-state index contributed by atoms with van der Waals surface area (Å²) in [6.07, 6.45) is 4.75. The lowest BCUT2D eigenvalue weighted by atomic mass is 10.1. The maximum absolute atomic E-state index is 12.4. The van der Waals surface area contributed by atoms with Crippen LogP contribution >= 0.6 is 11.8 Å². The van der Waals surface area contributed by atoms with Gasteiger partial charge in [-0.3, -0.25) is 10.0 Å². The summed E-state index contributed by atoms with van der Waals surface area (Å²) in [6, 6.07) is 14.5. The lowest BCUT2D eigenvalue weighted by Crippen LogP contribution is -2.30. The minimum atomic E-state index is -3.93. The van der Waals surface area contributed by atoms with Crippen LogP contribution in [0.2, 0.25) is 0 Å². The third-order valence-corrected chi connectivity index (χ3v) is 6.60. The number of carbonyl (C=O) groups is 1. The summed E-state index contributed by atoms with van der Waals surface area (Å²) in [6.45, 7) is 2.11. The number of carbonyl (C=O) groups excluding carboxylic acids is 1. The molecule has 2 N–H and O–H groups in total. The number of benzene rings is 2. The van der Waals surface area contributed by atoms with E-state index in [2.05, 4.69) is 6.92 Å². The maximum Gasteiger partial charge on any atom is 0.339 e. The van der Waals surface area contributed by atoms with Crippen molar-refractivity contribution < 1.29 is 22.6 Å². The van der Waals surface area contributed by atoms with Gasteiger partial charge in [0, 0.05) is 4.90 Å². The number of thioether (sulfide) groups is 1. The Morgan fingerprint density at radius 3 is 2.36 bits per heavy atom. The van der Waals surface area contributed by atoms with Gasteiger partial charge in [0.1, 0.15) is 10.6 Å². The van der Waals surface area contributed by atoms with Crippen molar-refractivity contribution in [3.05, 3.63) is 54.6 Å². The molecule has 6 nitrogen and oxygen atoms in total. The zero-order chi connectivity index (χ0) is 20.4. The van der Waals surface area contributed by atoms with Crippen molar-refractivity contribution in [2.75, 3.05) is 0 Å². The van der Waals surface area contributed by atoms with E-state index in [1.54, 1.807) is 47.9 Å². The Morgan fingerprint density at radius 1 is 1.07 bits per heavy atom. The number of hydroxylamine groups is 1. The Labute approximate surface area is 170 Å². The highest BCUT2D eigenvalue weighted by atomic mass is 32.2. The minimum Gasteiger partial charge on any atom is -0.379 e. The minimum absolute atomic E-state index is 0.0341. The molecule has 28 heavy (non-hydrogen) atoms. The molecule has 0 heterocycles. The molecule has 152 valence electrons. The zero-order valence-electron chi connectivity index (χ0n) is 15.7. The second kappa shape index (κ2) is 11.1. The van der Waals surface area contributed by atoms with Gasteiger partial charge in [-0.2, -0.15) is 8.42 Å². The lowest BCUT2D eigenvalue weighted by molar-refractivity contribution is -0.128. The first-order chi connectivity index (χ1) is 13.5. The summed E-state index contributed by atoms with van der Waals surface area (Å²) in [5.74, 6) is -0.210. The number of rotatable bonds is 11. The van der Waals surface area contributed by atoms with Crippen LogP contribution in [0.3, 0.4) is 0 Å². The predicted octanol–water partition coefficient (Wildman–Crippen LogP) is 4.39. The summed E-state index contributed by atoms with van der Waals surface area (Å²) >= 11 is 1.30. The van der Waals surface area contributed by atoms with Gasteiger partial charge in [-0.25, -0.2) is 5.48 Å². The molecule has 0 saturated carbocycles. The van der Waals surface area contributed by atoms with Crippen LogP contribution in [0.15, 0.2) is 64.4 Å². The molecule has 1 atom stereocenters. The molecule has 0 aromatic heterocycles. The molecule has 0 aliphatic rings. The van der Waals surface area contributed by atoms with Crippen molar-refractivity contribution in [1.29, 1.82) is 0 Å². The van der Waals surface area contributed by atoms with Gasteiger partial charge in [0.15, 0.2) is 0 Å². The third kappa shape index (κ3) is 6.85. The normalized spacial score (nSPS) is 12.4. The molecular weight excluding hydrogens is 398 g/mol. The summed E-state index contributed by atoms with van der Waals surface area (Å²) in [5.41, 5.74) is 1.71. The third-order valence-electron chi connectivity index (χ3n) is 4.06. The van der Waals surface area contributed by atoms with E-state index in [9.17, 15) is 13.2 Å². The second-order valence-corrected chi connectivity index (χ2v) is 9.08. The fraction of sp³-hybridized carbons (Fsp3) is 0.350. The number of para-hydroxylation sites is 1. The monoisotopic (exact) mass is 423 g/mol. The van der Waals surface area contributed by atoms with E-state index in [1.165, 1.54) is 23.9 Å². The molecule has 0 spiro atoms. The molecule has 0 radical (unpaired) electrons. The molecule has 0 bridgehead atoms. The lowest BCUT2D eigenvalue weighted by Gasteiger charge is -2.14. The van der Waals surface area contributed by atoms with E-state index in [-0.39, 0.29) is 10.6 Å². The van der Waals surface area contributed by atoms with Crippen molar-refractivity contribution in [2.45, 2.75) is 54.1 Å². The summed E-state index contributed by atoms with van der Waals surface area (Å²) in [7, 11) is -3.93. The Morgan fingerprint density at radius 2 is 1.75 bits per heavy atom. The van der Waals surface area contributed by atoms with Crippen LogP contribution < -0.4 is 9.66 Å². The maximum atomic E-state index is 12.4. The molecule has 2 rings (SSSR count). The molecule has 2 aromatic rings. The van der Waals surface area contributed by atoms with E-state index in [0.717, 1.165) is 30.6 Å². The average Bonchev–Trinajstić information content (AvgIpc) is 2.70. The smallest absolute Gasteiger partial charge is 0.339 e. The Bertz CT molecular complexity index is 839. The van der Waals surface area contributed by atoms with Crippen molar-refractivity contribution in [3.63, 3.8) is 0 Å². The van der Waals surface area contributed by atoms with Crippen molar-refractivity contribution >= 4 is 27.8 Å². The number of unbranched alkanes of at least 4 members (excludes halogenated alkanes) is 3. The number of hydrogen-bond acceptors (Lipinski definition) is 6. The molecule has 1 amide bonds. The molecule has 0 aliphatic carbocycles. The van der Waals surface area contributed by atoms with E-state index in [0.29, 0.717) is 6.42 Å². The first-order valence-corrected chi connectivity index (χ1v) is 11.4. The highest BCUT2D eigenvalue weighted by molar-refractivity contribution is 8.00. The predicted molar refractivity (Wildman–Crippen MR) is 109 cm³/mol. The Hall–Kier alpha value is -2.03. The van der Waals surface area contributed by atoms with E-state index < -0.39 is 21.3 Å². The number of amides is 1. The van der Waals surface area contributed by atoms with Crippen LogP contribution in [0.25, 0.3) is 0 Å².